The number of ketones is 1. The molecule has 0 bridgehead atoms. The van der Waals surface area contributed by atoms with Crippen LogP contribution in [0, 0.1) is 11.3 Å². The number of rotatable bonds is 3. The van der Waals surface area contributed by atoms with Crippen molar-refractivity contribution in [1.82, 2.24) is 0 Å². The molecular weight excluding hydrogens is 184 g/mol. The van der Waals surface area contributed by atoms with Crippen LogP contribution in [0.5, 0.6) is 0 Å². The number of aliphatic hydroxyl groups excluding tert-OH is 1. The van der Waals surface area contributed by atoms with Gasteiger partial charge in [-0.15, -0.1) is 0 Å². The molecule has 2 atom stereocenters. The monoisotopic (exact) mass is 200 g/mol. The Bertz CT molecular complexity index is 249. The van der Waals surface area contributed by atoms with Crippen molar-refractivity contribution in [1.29, 1.82) is 0 Å². The molecule has 0 amide bonds. The number of aliphatic carboxylic acids is 1. The van der Waals surface area contributed by atoms with Gasteiger partial charge in [-0.3, -0.25) is 9.59 Å². The SMILES string of the molecule is CC(CO)C1(C(=O)O)CCCCC1=O. The second kappa shape index (κ2) is 4.09. The van der Waals surface area contributed by atoms with E-state index in [-0.39, 0.29) is 12.4 Å². The van der Waals surface area contributed by atoms with Gasteiger partial charge in [-0.2, -0.15) is 0 Å². The van der Waals surface area contributed by atoms with Crippen molar-refractivity contribution in [2.24, 2.45) is 11.3 Å². The summed E-state index contributed by atoms with van der Waals surface area (Å²) in [6.07, 6.45) is 2.22. The molecule has 1 saturated carbocycles. The number of aliphatic hydroxyl groups is 1. The molecule has 0 aromatic heterocycles. The first-order chi connectivity index (χ1) is 6.55. The van der Waals surface area contributed by atoms with Crippen LogP contribution in [0.1, 0.15) is 32.6 Å². The van der Waals surface area contributed by atoms with E-state index in [2.05, 4.69) is 0 Å². The minimum Gasteiger partial charge on any atom is -0.480 e. The second-order valence-electron chi connectivity index (χ2n) is 3.99. The topological polar surface area (TPSA) is 74.6 Å². The number of Topliss-reactive ketones (excluding diaryl/α,β-unsaturated/α-hetero) is 1. The fourth-order valence-electron chi connectivity index (χ4n) is 2.17. The van der Waals surface area contributed by atoms with Crippen molar-refractivity contribution < 1.29 is 19.8 Å². The summed E-state index contributed by atoms with van der Waals surface area (Å²) in [7, 11) is 0. The zero-order valence-corrected chi connectivity index (χ0v) is 8.32. The molecular formula is C10H16O4. The lowest BCUT2D eigenvalue weighted by molar-refractivity contribution is -0.162. The summed E-state index contributed by atoms with van der Waals surface area (Å²) >= 11 is 0. The van der Waals surface area contributed by atoms with E-state index in [0.29, 0.717) is 12.8 Å². The van der Waals surface area contributed by atoms with Gasteiger partial charge in [0.15, 0.2) is 5.78 Å². The van der Waals surface area contributed by atoms with Crippen LogP contribution in [0.4, 0.5) is 0 Å². The molecule has 0 heterocycles. The molecule has 0 aromatic carbocycles. The summed E-state index contributed by atoms with van der Waals surface area (Å²) in [5.41, 5.74) is -1.33. The van der Waals surface area contributed by atoms with Gasteiger partial charge in [-0.05, 0) is 12.8 Å². The van der Waals surface area contributed by atoms with Crippen LogP contribution in [0.2, 0.25) is 0 Å². The summed E-state index contributed by atoms with van der Waals surface area (Å²) in [5, 5.41) is 18.1. The van der Waals surface area contributed by atoms with E-state index in [1.165, 1.54) is 0 Å². The summed E-state index contributed by atoms with van der Waals surface area (Å²) in [5.74, 6) is -1.80. The fraction of sp³-hybridized carbons (Fsp3) is 0.800. The average Bonchev–Trinajstić information content (AvgIpc) is 2.17. The predicted molar refractivity (Wildman–Crippen MR) is 49.8 cm³/mol. The third kappa shape index (κ3) is 1.54. The Labute approximate surface area is 82.9 Å². The van der Waals surface area contributed by atoms with Crippen molar-refractivity contribution in [2.75, 3.05) is 6.61 Å². The van der Waals surface area contributed by atoms with E-state index in [9.17, 15) is 9.59 Å². The van der Waals surface area contributed by atoms with Gasteiger partial charge in [-0.25, -0.2) is 0 Å². The highest BCUT2D eigenvalue weighted by Crippen LogP contribution is 2.40. The fourth-order valence-corrected chi connectivity index (χ4v) is 2.17. The summed E-state index contributed by atoms with van der Waals surface area (Å²) < 4.78 is 0. The predicted octanol–water partition coefficient (Wildman–Crippen LogP) is 0.829. The molecule has 4 nitrogen and oxygen atoms in total. The molecule has 1 rings (SSSR count). The van der Waals surface area contributed by atoms with Gasteiger partial charge in [0, 0.05) is 18.9 Å². The molecule has 1 aliphatic carbocycles. The van der Waals surface area contributed by atoms with E-state index in [1.54, 1.807) is 6.92 Å². The van der Waals surface area contributed by atoms with Crippen LogP contribution in [0.15, 0.2) is 0 Å². The first-order valence-corrected chi connectivity index (χ1v) is 4.93. The molecule has 2 unspecified atom stereocenters. The van der Waals surface area contributed by atoms with Crippen LogP contribution >= 0.6 is 0 Å². The van der Waals surface area contributed by atoms with Crippen molar-refractivity contribution in [3.8, 4) is 0 Å². The van der Waals surface area contributed by atoms with Gasteiger partial charge in [-0.1, -0.05) is 13.3 Å². The van der Waals surface area contributed by atoms with Crippen molar-refractivity contribution in [3.05, 3.63) is 0 Å². The van der Waals surface area contributed by atoms with E-state index < -0.39 is 17.3 Å². The number of hydrogen-bond acceptors (Lipinski definition) is 3. The van der Waals surface area contributed by atoms with Crippen LogP contribution in [-0.2, 0) is 9.59 Å². The molecule has 80 valence electrons. The molecule has 1 aliphatic rings. The standard InChI is InChI=1S/C10H16O4/c1-7(6-11)10(9(13)14)5-3-2-4-8(10)12/h7,11H,2-6H2,1H3,(H,13,14). The maximum Gasteiger partial charge on any atom is 0.317 e. The molecule has 14 heavy (non-hydrogen) atoms. The Kier molecular flexibility index (Phi) is 3.26. The molecule has 0 aromatic rings. The smallest absolute Gasteiger partial charge is 0.317 e. The highest BCUT2D eigenvalue weighted by Gasteiger charge is 2.50. The number of hydrogen-bond donors (Lipinski definition) is 2. The van der Waals surface area contributed by atoms with Crippen molar-refractivity contribution in [3.63, 3.8) is 0 Å². The molecule has 1 fully saturated rings. The Balaban J connectivity index is 3.01. The molecule has 2 N–H and O–H groups in total. The Morgan fingerprint density at radius 3 is 2.64 bits per heavy atom. The maximum atomic E-state index is 11.7. The molecule has 0 spiro atoms. The lowest BCUT2D eigenvalue weighted by Crippen LogP contribution is -2.47. The van der Waals surface area contributed by atoms with Gasteiger partial charge in [0.1, 0.15) is 5.41 Å². The highest BCUT2D eigenvalue weighted by molar-refractivity contribution is 6.03. The Morgan fingerprint density at radius 2 is 2.21 bits per heavy atom. The highest BCUT2D eigenvalue weighted by atomic mass is 16.4. The second-order valence-corrected chi connectivity index (χ2v) is 3.99. The van der Waals surface area contributed by atoms with E-state index in [0.717, 1.165) is 12.8 Å². The van der Waals surface area contributed by atoms with Gasteiger partial charge in [0.05, 0.1) is 0 Å². The van der Waals surface area contributed by atoms with Crippen LogP contribution in [0.3, 0.4) is 0 Å². The lowest BCUT2D eigenvalue weighted by atomic mass is 9.66. The van der Waals surface area contributed by atoms with E-state index >= 15 is 0 Å². The normalized spacial score (nSPS) is 30.0. The van der Waals surface area contributed by atoms with Gasteiger partial charge < -0.3 is 10.2 Å². The third-order valence-corrected chi connectivity index (χ3v) is 3.22. The maximum absolute atomic E-state index is 11.7. The van der Waals surface area contributed by atoms with Crippen LogP contribution in [0.25, 0.3) is 0 Å². The quantitative estimate of drug-likeness (QED) is 0.662. The first-order valence-electron chi connectivity index (χ1n) is 4.93. The Morgan fingerprint density at radius 1 is 1.57 bits per heavy atom. The van der Waals surface area contributed by atoms with Crippen molar-refractivity contribution >= 4 is 11.8 Å². The third-order valence-electron chi connectivity index (χ3n) is 3.22. The minimum absolute atomic E-state index is 0.224. The zero-order chi connectivity index (χ0) is 10.8. The van der Waals surface area contributed by atoms with Crippen LogP contribution < -0.4 is 0 Å². The largest absolute Gasteiger partial charge is 0.480 e. The first kappa shape index (κ1) is 11.2. The van der Waals surface area contributed by atoms with Crippen molar-refractivity contribution in [2.45, 2.75) is 32.6 Å². The lowest BCUT2D eigenvalue weighted by Gasteiger charge is -2.35. The van der Waals surface area contributed by atoms with Gasteiger partial charge in [0.25, 0.3) is 0 Å². The number of carbonyl (C=O) groups is 2. The molecule has 0 saturated heterocycles. The minimum atomic E-state index is -1.33. The number of carboxylic acids is 1. The van der Waals surface area contributed by atoms with E-state index in [1.807, 2.05) is 0 Å². The van der Waals surface area contributed by atoms with Gasteiger partial charge >= 0.3 is 5.97 Å². The zero-order valence-electron chi connectivity index (χ0n) is 8.32. The Hall–Kier alpha value is -0.900. The number of carbonyl (C=O) groups excluding carboxylic acids is 1. The molecule has 0 radical (unpaired) electrons. The molecule has 0 aliphatic heterocycles. The summed E-state index contributed by atoms with van der Waals surface area (Å²) in [6, 6.07) is 0. The summed E-state index contributed by atoms with van der Waals surface area (Å²) in [4.78, 5) is 22.8. The number of carboxylic acid groups (broad SMARTS) is 1. The van der Waals surface area contributed by atoms with Gasteiger partial charge in [0.2, 0.25) is 0 Å². The summed E-state index contributed by atoms with van der Waals surface area (Å²) in [6.45, 7) is 1.37. The van der Waals surface area contributed by atoms with E-state index in [4.69, 9.17) is 10.2 Å². The average molecular weight is 200 g/mol. The van der Waals surface area contributed by atoms with Crippen LogP contribution in [-0.4, -0.2) is 28.6 Å². The molecule has 4 heteroatoms.